The monoisotopic (exact) mass is 335 g/mol. The number of hydrogen-bond donors (Lipinski definition) is 0. The molecule has 0 atom stereocenters. The molecule has 0 N–H and O–H groups in total. The number of pyridine rings is 1. The second-order valence-corrected chi connectivity index (χ2v) is 4.35. The minimum Gasteiger partial charge on any atom is -0.264 e. The van der Waals surface area contributed by atoms with Crippen LogP contribution in [0.3, 0.4) is 0 Å². The van der Waals surface area contributed by atoms with Gasteiger partial charge in [-0.05, 0) is 17.2 Å². The fourth-order valence-electron chi connectivity index (χ4n) is 2.25. The van der Waals surface area contributed by atoms with Gasteiger partial charge in [0.1, 0.15) is 0 Å². The number of rotatable bonds is 2. The Morgan fingerprint density at radius 3 is 1.57 bits per heavy atom. The number of alkyl halides is 6. The molecule has 0 radical (unpaired) electrons. The first kappa shape index (κ1) is 19.0. The highest BCUT2D eigenvalue weighted by atomic mass is 19.4. The van der Waals surface area contributed by atoms with Gasteiger partial charge < -0.3 is 0 Å². The quantitative estimate of drug-likeness (QED) is 0.659. The molecule has 23 heavy (non-hydrogen) atoms. The van der Waals surface area contributed by atoms with Gasteiger partial charge in [-0.2, -0.15) is 26.3 Å². The van der Waals surface area contributed by atoms with Gasteiger partial charge in [0.05, 0.1) is 0 Å². The Balaban J connectivity index is 0.00000127. The summed E-state index contributed by atoms with van der Waals surface area (Å²) in [5.41, 5.74) is -5.95. The minimum atomic E-state index is -5.56. The van der Waals surface area contributed by atoms with Gasteiger partial charge in [0.15, 0.2) is 0 Å². The van der Waals surface area contributed by atoms with Gasteiger partial charge in [-0.15, -0.1) is 0 Å². The molecule has 0 unspecified atom stereocenters. The highest BCUT2D eigenvalue weighted by Gasteiger charge is 2.72. The summed E-state index contributed by atoms with van der Waals surface area (Å²) in [6.07, 6.45) is -9.41. The molecular weight excluding hydrogens is 320 g/mol. The van der Waals surface area contributed by atoms with Crippen molar-refractivity contribution in [2.75, 3.05) is 0 Å². The molecule has 0 bridgehead atoms. The lowest BCUT2D eigenvalue weighted by Crippen LogP contribution is -2.54. The smallest absolute Gasteiger partial charge is 0.264 e. The van der Waals surface area contributed by atoms with Gasteiger partial charge in [-0.3, -0.25) is 4.98 Å². The van der Waals surface area contributed by atoms with E-state index in [2.05, 4.69) is 4.98 Å². The molecule has 0 amide bonds. The van der Waals surface area contributed by atoms with E-state index >= 15 is 0 Å². The molecule has 7 heteroatoms. The van der Waals surface area contributed by atoms with E-state index < -0.39 is 28.9 Å². The third-order valence-electron chi connectivity index (χ3n) is 3.15. The van der Waals surface area contributed by atoms with Crippen LogP contribution in [0.15, 0.2) is 54.9 Å². The Morgan fingerprint density at radius 2 is 1.17 bits per heavy atom. The molecule has 0 aliphatic heterocycles. The van der Waals surface area contributed by atoms with Crippen LogP contribution in [-0.2, 0) is 5.41 Å². The third kappa shape index (κ3) is 3.33. The van der Waals surface area contributed by atoms with Crippen LogP contribution in [-0.4, -0.2) is 17.3 Å². The summed E-state index contributed by atoms with van der Waals surface area (Å²) in [6, 6.07) is 7.08. The van der Waals surface area contributed by atoms with Gasteiger partial charge >= 0.3 is 12.4 Å². The Kier molecular flexibility index (Phi) is 5.80. The first-order valence-electron chi connectivity index (χ1n) is 6.80. The summed E-state index contributed by atoms with van der Waals surface area (Å²) in [7, 11) is 0. The fraction of sp³-hybridized carbons (Fsp3) is 0.312. The molecule has 0 saturated carbocycles. The van der Waals surface area contributed by atoms with Gasteiger partial charge in [0.25, 0.3) is 0 Å². The van der Waals surface area contributed by atoms with E-state index in [1.54, 1.807) is 0 Å². The second kappa shape index (κ2) is 7.02. The van der Waals surface area contributed by atoms with Gasteiger partial charge in [-0.25, -0.2) is 0 Å². The summed E-state index contributed by atoms with van der Waals surface area (Å²) in [5.74, 6) is 0. The minimum absolute atomic E-state index is 0.591. The van der Waals surface area contributed by atoms with Crippen LogP contribution in [0.1, 0.15) is 25.0 Å². The number of hydrogen-bond acceptors (Lipinski definition) is 1. The number of halogens is 6. The van der Waals surface area contributed by atoms with E-state index in [0.29, 0.717) is 6.20 Å². The number of nitrogens with zero attached hydrogens (tertiary/aromatic N) is 1. The van der Waals surface area contributed by atoms with Gasteiger partial charge in [0.2, 0.25) is 5.41 Å². The lowest BCUT2D eigenvalue weighted by Gasteiger charge is -2.37. The fourth-order valence-corrected chi connectivity index (χ4v) is 2.25. The summed E-state index contributed by atoms with van der Waals surface area (Å²) in [6.45, 7) is 4.00. The Hall–Kier alpha value is -2.05. The average molecular weight is 335 g/mol. The molecule has 0 fully saturated rings. The molecule has 1 nitrogen and oxygen atoms in total. The molecule has 0 aliphatic rings. The van der Waals surface area contributed by atoms with Crippen LogP contribution in [0.4, 0.5) is 26.3 Å². The highest BCUT2D eigenvalue weighted by Crippen LogP contribution is 2.55. The van der Waals surface area contributed by atoms with Crippen LogP contribution in [0.2, 0.25) is 0 Å². The second-order valence-electron chi connectivity index (χ2n) is 4.35. The van der Waals surface area contributed by atoms with Crippen LogP contribution in [0.5, 0.6) is 0 Å². The normalized spacial score (nSPS) is 12.3. The van der Waals surface area contributed by atoms with E-state index in [4.69, 9.17) is 0 Å². The van der Waals surface area contributed by atoms with E-state index in [9.17, 15) is 26.3 Å². The highest BCUT2D eigenvalue weighted by molar-refractivity contribution is 5.42. The van der Waals surface area contributed by atoms with E-state index in [1.165, 1.54) is 6.07 Å². The molecule has 0 aliphatic carbocycles. The summed E-state index contributed by atoms with van der Waals surface area (Å²) < 4.78 is 81.0. The zero-order chi connectivity index (χ0) is 17.7. The van der Waals surface area contributed by atoms with Crippen LogP contribution in [0, 0.1) is 0 Å². The Labute approximate surface area is 130 Å². The van der Waals surface area contributed by atoms with Gasteiger partial charge in [-0.1, -0.05) is 50.2 Å². The van der Waals surface area contributed by atoms with Crippen molar-refractivity contribution in [2.24, 2.45) is 0 Å². The standard InChI is InChI=1S/C14H9F6N.C2H6/c15-13(16,17)12(14(18,19)20,10-5-2-1-3-6-10)11-7-4-8-21-9-11;1-2/h1-9H;1-2H3. The molecule has 1 aromatic carbocycles. The summed E-state index contributed by atoms with van der Waals surface area (Å²) >= 11 is 0. The van der Waals surface area contributed by atoms with Crippen LogP contribution in [0.25, 0.3) is 0 Å². The summed E-state index contributed by atoms with van der Waals surface area (Å²) in [4.78, 5) is 3.40. The number of benzene rings is 1. The molecule has 0 spiro atoms. The third-order valence-corrected chi connectivity index (χ3v) is 3.15. The van der Waals surface area contributed by atoms with Crippen molar-refractivity contribution in [2.45, 2.75) is 31.6 Å². The molecule has 2 rings (SSSR count). The summed E-state index contributed by atoms with van der Waals surface area (Å²) in [5, 5.41) is 0. The van der Waals surface area contributed by atoms with E-state index in [-0.39, 0.29) is 0 Å². The molecule has 126 valence electrons. The van der Waals surface area contributed by atoms with Crippen LogP contribution >= 0.6 is 0 Å². The Bertz CT molecular complexity index is 534. The predicted molar refractivity (Wildman–Crippen MR) is 74.9 cm³/mol. The van der Waals surface area contributed by atoms with Gasteiger partial charge in [0, 0.05) is 12.4 Å². The maximum absolute atomic E-state index is 13.5. The maximum atomic E-state index is 13.5. The van der Waals surface area contributed by atoms with Crippen molar-refractivity contribution in [3.05, 3.63) is 66.0 Å². The molecule has 0 saturated heterocycles. The van der Waals surface area contributed by atoms with Crippen LogP contribution < -0.4 is 0 Å². The lowest BCUT2D eigenvalue weighted by molar-refractivity contribution is -0.288. The zero-order valence-electron chi connectivity index (χ0n) is 12.4. The van der Waals surface area contributed by atoms with Crippen molar-refractivity contribution in [1.29, 1.82) is 0 Å². The first-order chi connectivity index (χ1) is 10.7. The van der Waals surface area contributed by atoms with E-state index in [0.717, 1.165) is 42.6 Å². The average Bonchev–Trinajstić information content (AvgIpc) is 2.49. The van der Waals surface area contributed by atoms with Crippen molar-refractivity contribution < 1.29 is 26.3 Å². The largest absolute Gasteiger partial charge is 0.411 e. The van der Waals surface area contributed by atoms with Crippen molar-refractivity contribution in [1.82, 2.24) is 4.98 Å². The van der Waals surface area contributed by atoms with E-state index in [1.807, 2.05) is 13.8 Å². The topological polar surface area (TPSA) is 12.9 Å². The number of aromatic nitrogens is 1. The first-order valence-corrected chi connectivity index (χ1v) is 6.80. The molecule has 1 aromatic heterocycles. The molecule has 1 heterocycles. The van der Waals surface area contributed by atoms with Crippen molar-refractivity contribution in [3.63, 3.8) is 0 Å². The molecular formula is C16H15F6N. The molecule has 2 aromatic rings. The lowest BCUT2D eigenvalue weighted by atomic mass is 9.73. The Morgan fingerprint density at radius 1 is 0.696 bits per heavy atom. The van der Waals surface area contributed by atoms with Crippen molar-refractivity contribution in [3.8, 4) is 0 Å². The van der Waals surface area contributed by atoms with Crippen molar-refractivity contribution >= 4 is 0 Å². The predicted octanol–water partition coefficient (Wildman–Crippen LogP) is 5.52. The SMILES string of the molecule is CC.FC(F)(F)C(c1ccccc1)(c1cccnc1)C(F)(F)F. The zero-order valence-corrected chi connectivity index (χ0v) is 12.4. The maximum Gasteiger partial charge on any atom is 0.411 e.